The number of pyridine rings is 4. The molecule has 1 fully saturated rings. The number of nitrogens with one attached hydrogen (secondary N) is 2. The summed E-state index contributed by atoms with van der Waals surface area (Å²) in [6.07, 6.45) is 11.4. The van der Waals surface area contributed by atoms with Crippen LogP contribution in [0.1, 0.15) is 12.8 Å². The average molecular weight is 504 g/mol. The second-order valence-corrected chi connectivity index (χ2v) is 9.36. The van der Waals surface area contributed by atoms with Crippen molar-refractivity contribution in [1.29, 1.82) is 0 Å². The quantitative estimate of drug-likeness (QED) is 0.327. The summed E-state index contributed by atoms with van der Waals surface area (Å²) in [7, 11) is 0. The third kappa shape index (κ3) is 4.24. The Balaban J connectivity index is 1.20. The lowest BCUT2D eigenvalue weighted by atomic mass is 10.1. The van der Waals surface area contributed by atoms with Crippen molar-refractivity contribution in [2.45, 2.75) is 12.8 Å². The van der Waals surface area contributed by atoms with Gasteiger partial charge in [0, 0.05) is 48.0 Å². The highest BCUT2D eigenvalue weighted by Gasteiger charge is 2.18. The van der Waals surface area contributed by atoms with Crippen molar-refractivity contribution in [2.24, 2.45) is 0 Å². The predicted molar refractivity (Wildman–Crippen MR) is 144 cm³/mol. The monoisotopic (exact) mass is 503 g/mol. The fourth-order valence-corrected chi connectivity index (χ4v) is 4.95. The number of ether oxygens (including phenoxy) is 1. The molecule has 10 nitrogen and oxygen atoms in total. The van der Waals surface area contributed by atoms with E-state index >= 15 is 0 Å². The first-order chi connectivity index (χ1) is 18.8. The molecule has 7 heterocycles. The minimum absolute atomic E-state index is 0.594. The van der Waals surface area contributed by atoms with Crippen LogP contribution >= 0.6 is 0 Å². The number of nitrogens with zero attached hydrogens (tertiary/aromatic N) is 7. The lowest BCUT2D eigenvalue weighted by Gasteiger charge is -2.15. The van der Waals surface area contributed by atoms with E-state index in [2.05, 4.69) is 35.0 Å². The molecular weight excluding hydrogens is 478 g/mol. The van der Waals surface area contributed by atoms with Crippen LogP contribution in [0.15, 0.2) is 67.4 Å². The fraction of sp³-hybridized carbons (Fsp3) is 0.214. The Labute approximate surface area is 218 Å². The van der Waals surface area contributed by atoms with E-state index < -0.39 is 0 Å². The van der Waals surface area contributed by atoms with Crippen molar-refractivity contribution in [3.05, 3.63) is 67.4 Å². The number of rotatable bonds is 7. The molecule has 0 amide bonds. The Morgan fingerprint density at radius 1 is 0.921 bits per heavy atom. The first-order valence-electron chi connectivity index (χ1n) is 12.7. The number of imidazole rings is 1. The lowest BCUT2D eigenvalue weighted by Crippen LogP contribution is -2.25. The van der Waals surface area contributed by atoms with Crippen LogP contribution in [0.25, 0.3) is 56.1 Å². The molecule has 1 aliphatic rings. The average Bonchev–Trinajstić information content (AvgIpc) is 3.73. The highest BCUT2D eigenvalue weighted by molar-refractivity contribution is 5.94. The molecule has 2 N–H and O–H groups in total. The van der Waals surface area contributed by atoms with Gasteiger partial charge in [0.1, 0.15) is 17.9 Å². The molecule has 0 spiro atoms. The molecule has 0 saturated carbocycles. The summed E-state index contributed by atoms with van der Waals surface area (Å²) in [4.78, 5) is 28.6. The number of H-pyrrole nitrogens is 2. The zero-order valence-corrected chi connectivity index (χ0v) is 20.6. The maximum Gasteiger partial charge on any atom is 0.178 e. The number of aromatic amines is 2. The van der Waals surface area contributed by atoms with Crippen LogP contribution < -0.4 is 4.74 Å². The fourth-order valence-electron chi connectivity index (χ4n) is 4.95. The van der Waals surface area contributed by atoms with Gasteiger partial charge in [-0.25, -0.2) is 15.0 Å². The molecule has 6 aromatic heterocycles. The maximum atomic E-state index is 6.00. The Kier molecular flexibility index (Phi) is 5.71. The number of aromatic nitrogens is 8. The lowest BCUT2D eigenvalue weighted by molar-refractivity contribution is 0.237. The first-order valence-corrected chi connectivity index (χ1v) is 12.7. The molecule has 6 aromatic rings. The van der Waals surface area contributed by atoms with Crippen LogP contribution in [-0.2, 0) is 0 Å². The Morgan fingerprint density at radius 3 is 2.74 bits per heavy atom. The molecule has 38 heavy (non-hydrogen) atoms. The van der Waals surface area contributed by atoms with Gasteiger partial charge in [-0.05, 0) is 56.3 Å². The third-order valence-corrected chi connectivity index (χ3v) is 6.88. The molecule has 0 unspecified atom stereocenters. The minimum Gasteiger partial charge on any atom is -0.491 e. The van der Waals surface area contributed by atoms with Crippen molar-refractivity contribution >= 4 is 22.2 Å². The SMILES string of the molecule is c1cncc(-c2ccnc3nc(-c4n[nH]c5ccc(-c6cncc(OCCN7CCCC7)c6)nc45)[nH]c23)c1. The summed E-state index contributed by atoms with van der Waals surface area (Å²) >= 11 is 0. The van der Waals surface area contributed by atoms with Crippen molar-refractivity contribution in [3.63, 3.8) is 0 Å². The molecule has 0 bridgehead atoms. The third-order valence-electron chi connectivity index (χ3n) is 6.88. The van der Waals surface area contributed by atoms with E-state index in [-0.39, 0.29) is 0 Å². The number of likely N-dealkylation sites (tertiary alicyclic amines) is 1. The zero-order valence-electron chi connectivity index (χ0n) is 20.6. The Bertz CT molecular complexity index is 1720. The molecule has 0 radical (unpaired) electrons. The number of fused-ring (bicyclic) bond motifs is 2. The first kappa shape index (κ1) is 22.5. The van der Waals surface area contributed by atoms with Crippen LogP contribution in [0.2, 0.25) is 0 Å². The normalized spacial score (nSPS) is 14.0. The van der Waals surface area contributed by atoms with E-state index in [9.17, 15) is 0 Å². The molecule has 0 aromatic carbocycles. The number of hydrogen-bond donors (Lipinski definition) is 2. The van der Waals surface area contributed by atoms with Gasteiger partial charge in [0.2, 0.25) is 0 Å². The molecule has 0 aliphatic carbocycles. The van der Waals surface area contributed by atoms with Gasteiger partial charge in [-0.3, -0.25) is 20.0 Å². The summed E-state index contributed by atoms with van der Waals surface area (Å²) in [5.41, 5.74) is 7.21. The van der Waals surface area contributed by atoms with Crippen LogP contribution in [-0.4, -0.2) is 71.2 Å². The van der Waals surface area contributed by atoms with E-state index in [1.54, 1.807) is 24.8 Å². The molecule has 7 rings (SSSR count). The van der Waals surface area contributed by atoms with E-state index in [1.807, 2.05) is 42.6 Å². The molecule has 1 aliphatic heterocycles. The topological polar surface area (TPSA) is 121 Å². The largest absolute Gasteiger partial charge is 0.491 e. The summed E-state index contributed by atoms with van der Waals surface area (Å²) in [5, 5.41) is 7.60. The molecular formula is C28H25N9O. The Hall–Kier alpha value is -4.70. The van der Waals surface area contributed by atoms with Gasteiger partial charge in [0.15, 0.2) is 17.2 Å². The van der Waals surface area contributed by atoms with Crippen molar-refractivity contribution < 1.29 is 4.74 Å². The maximum absolute atomic E-state index is 6.00. The summed E-state index contributed by atoms with van der Waals surface area (Å²) < 4.78 is 6.00. The van der Waals surface area contributed by atoms with Gasteiger partial charge in [-0.1, -0.05) is 6.07 Å². The highest BCUT2D eigenvalue weighted by atomic mass is 16.5. The van der Waals surface area contributed by atoms with Gasteiger partial charge >= 0.3 is 0 Å². The van der Waals surface area contributed by atoms with Crippen LogP contribution in [0.4, 0.5) is 0 Å². The van der Waals surface area contributed by atoms with Crippen molar-refractivity contribution in [1.82, 2.24) is 45.0 Å². The molecule has 0 atom stereocenters. The summed E-state index contributed by atoms with van der Waals surface area (Å²) in [6.45, 7) is 3.89. The number of hydrogen-bond acceptors (Lipinski definition) is 8. The molecule has 10 heteroatoms. The van der Waals surface area contributed by atoms with Crippen LogP contribution in [0, 0.1) is 0 Å². The Morgan fingerprint density at radius 2 is 1.84 bits per heavy atom. The summed E-state index contributed by atoms with van der Waals surface area (Å²) in [6, 6.07) is 11.8. The minimum atomic E-state index is 0.594. The van der Waals surface area contributed by atoms with Crippen LogP contribution in [0.3, 0.4) is 0 Å². The van der Waals surface area contributed by atoms with Gasteiger partial charge in [-0.15, -0.1) is 0 Å². The second kappa shape index (κ2) is 9.64. The van der Waals surface area contributed by atoms with Gasteiger partial charge in [0.25, 0.3) is 0 Å². The molecule has 188 valence electrons. The zero-order chi connectivity index (χ0) is 25.3. The summed E-state index contributed by atoms with van der Waals surface area (Å²) in [5.74, 6) is 1.33. The van der Waals surface area contributed by atoms with Crippen molar-refractivity contribution in [3.8, 4) is 39.7 Å². The van der Waals surface area contributed by atoms with Gasteiger partial charge in [0.05, 0.1) is 22.9 Å². The van der Waals surface area contributed by atoms with E-state index in [0.29, 0.717) is 29.3 Å². The standard InChI is InChI=1S/C28H25N9O/c1-2-11-37(10-1)12-13-38-20-14-19(16-30-17-20)22-5-6-23-25(32-22)26(36-35-23)28-33-24-21(7-9-31-27(24)34-28)18-4-3-8-29-15-18/h3-9,14-17H,1-2,10-13H2,(H,35,36)(H,31,33,34). The predicted octanol–water partition coefficient (Wildman–Crippen LogP) is 4.49. The molecule has 1 saturated heterocycles. The van der Waals surface area contributed by atoms with Crippen LogP contribution in [0.5, 0.6) is 5.75 Å². The van der Waals surface area contributed by atoms with Gasteiger partial charge < -0.3 is 9.72 Å². The smallest absolute Gasteiger partial charge is 0.178 e. The van der Waals surface area contributed by atoms with Crippen molar-refractivity contribution in [2.75, 3.05) is 26.2 Å². The second-order valence-electron chi connectivity index (χ2n) is 9.36. The van der Waals surface area contributed by atoms with E-state index in [1.165, 1.54) is 12.8 Å². The van der Waals surface area contributed by atoms with E-state index in [0.717, 1.165) is 58.8 Å². The highest BCUT2D eigenvalue weighted by Crippen LogP contribution is 2.31. The van der Waals surface area contributed by atoms with Gasteiger partial charge in [-0.2, -0.15) is 5.10 Å². The van der Waals surface area contributed by atoms with E-state index in [4.69, 9.17) is 14.7 Å².